The second-order valence-electron chi connectivity index (χ2n) is 12.5. The van der Waals surface area contributed by atoms with Gasteiger partial charge in [-0.2, -0.15) is 8.42 Å². The number of aromatic nitrogens is 2. The number of amides is 3. The monoisotopic (exact) mass is 700 g/mol. The Morgan fingerprint density at radius 3 is 2.53 bits per heavy atom. The third-order valence-electron chi connectivity index (χ3n) is 8.40. The van der Waals surface area contributed by atoms with E-state index >= 15 is 0 Å². The summed E-state index contributed by atoms with van der Waals surface area (Å²) in [6.45, 7) is 6.14. The molecule has 49 heavy (non-hydrogen) atoms. The highest BCUT2D eigenvalue weighted by molar-refractivity contribution is 7.92. The first-order valence-electron chi connectivity index (χ1n) is 16.3. The number of benzene rings is 2. The lowest BCUT2D eigenvalue weighted by Crippen LogP contribution is -2.48. The fraction of sp³-hybridized carbons (Fsp3) is 0.500. The van der Waals surface area contributed by atoms with Crippen molar-refractivity contribution in [2.45, 2.75) is 63.3 Å². The van der Waals surface area contributed by atoms with Crippen LogP contribution in [-0.2, 0) is 21.8 Å². The first kappa shape index (κ1) is 37.5. The molecule has 15 heteroatoms. The molecule has 0 spiro atoms. The number of hydrogen-bond donors (Lipinski definition) is 3. The number of aliphatic hydroxyl groups excluding tert-OH is 1. The number of aliphatic hydroxyl groups is 1. The summed E-state index contributed by atoms with van der Waals surface area (Å²) in [6.07, 6.45) is 4.31. The zero-order chi connectivity index (χ0) is 35.7. The van der Waals surface area contributed by atoms with Crippen LogP contribution in [-0.4, -0.2) is 104 Å². The van der Waals surface area contributed by atoms with Crippen molar-refractivity contribution < 1.29 is 37.3 Å². The molecule has 1 aliphatic heterocycles. The number of ether oxygens (including phenoxy) is 3. The van der Waals surface area contributed by atoms with Gasteiger partial charge in [-0.15, -0.1) is 0 Å². The van der Waals surface area contributed by atoms with Crippen LogP contribution in [0.4, 0.5) is 16.2 Å². The molecule has 4 atom stereocenters. The average Bonchev–Trinajstić information content (AvgIpc) is 3.53. The van der Waals surface area contributed by atoms with Crippen LogP contribution in [0.2, 0.25) is 0 Å². The Kier molecular flexibility index (Phi) is 12.9. The molecule has 0 saturated carbocycles. The molecule has 0 bridgehead atoms. The highest BCUT2D eigenvalue weighted by Crippen LogP contribution is 2.29. The molecule has 0 saturated heterocycles. The molecule has 0 aliphatic carbocycles. The normalized spacial score (nSPS) is 19.9. The second-order valence-corrected chi connectivity index (χ2v) is 14.2. The van der Waals surface area contributed by atoms with Crippen LogP contribution in [0.3, 0.4) is 0 Å². The van der Waals surface area contributed by atoms with Crippen molar-refractivity contribution in [3.05, 3.63) is 60.6 Å². The van der Waals surface area contributed by atoms with Crippen molar-refractivity contribution in [3.63, 3.8) is 0 Å². The molecule has 1 aromatic heterocycles. The van der Waals surface area contributed by atoms with E-state index in [0.717, 1.165) is 12.8 Å². The van der Waals surface area contributed by atoms with Gasteiger partial charge in [-0.1, -0.05) is 6.92 Å². The molecule has 1 aliphatic rings. The number of rotatable bonds is 9. The minimum atomic E-state index is -4.04. The SMILES string of the molecule is COc1ccc(NC(=O)N(C)C[C@@H]2OCCCC[C@H](C)Oc3ccc(NS(=O)(=O)c4cn(C)cn4)cc3C(=O)N([C@@H](C)CO)C[C@@H]2C)cc1. The first-order valence-corrected chi connectivity index (χ1v) is 17.8. The summed E-state index contributed by atoms with van der Waals surface area (Å²) in [5, 5.41) is 12.9. The van der Waals surface area contributed by atoms with Gasteiger partial charge < -0.3 is 39.0 Å². The number of fused-ring (bicyclic) bond motifs is 1. The number of anilines is 2. The summed E-state index contributed by atoms with van der Waals surface area (Å²) in [4.78, 5) is 34.5. The molecule has 3 amide bonds. The van der Waals surface area contributed by atoms with E-state index in [1.165, 1.54) is 28.1 Å². The Morgan fingerprint density at radius 1 is 1.16 bits per heavy atom. The Bertz CT molecular complexity index is 1660. The van der Waals surface area contributed by atoms with Crippen LogP contribution in [0.1, 0.15) is 50.4 Å². The van der Waals surface area contributed by atoms with Crippen LogP contribution in [0.5, 0.6) is 11.5 Å². The number of carbonyl (C=O) groups excluding carboxylic acids is 2. The summed E-state index contributed by atoms with van der Waals surface area (Å²) in [5.41, 5.74) is 0.916. The molecule has 0 unspecified atom stereocenters. The van der Waals surface area contributed by atoms with Gasteiger partial charge >= 0.3 is 6.03 Å². The van der Waals surface area contributed by atoms with Gasteiger partial charge in [0.05, 0.1) is 43.9 Å². The van der Waals surface area contributed by atoms with Gasteiger partial charge in [0.15, 0.2) is 5.03 Å². The van der Waals surface area contributed by atoms with E-state index in [1.54, 1.807) is 69.4 Å². The topological polar surface area (TPSA) is 165 Å². The van der Waals surface area contributed by atoms with Crippen LogP contribution < -0.4 is 19.5 Å². The Balaban J connectivity index is 1.60. The van der Waals surface area contributed by atoms with Crippen LogP contribution in [0.15, 0.2) is 60.0 Å². The van der Waals surface area contributed by atoms with Crippen LogP contribution >= 0.6 is 0 Å². The standard InChI is InChI=1S/C34H48N6O8S/c1-23-18-40(24(2)21-41)33(42)29-17-27(37-49(44,45)32-20-38(4)22-35-32)12-15-30(29)48-25(3)9-7-8-16-47-31(23)19-39(5)34(43)36-26-10-13-28(46-6)14-11-26/h10-15,17,20,22-25,31,37,41H,7-9,16,18-19,21H2,1-6H3,(H,36,43)/t23-,24-,25-,31-/m0/s1. The maximum atomic E-state index is 14.4. The summed E-state index contributed by atoms with van der Waals surface area (Å²) in [7, 11) is 0.885. The predicted octanol–water partition coefficient (Wildman–Crippen LogP) is 4.19. The van der Waals surface area contributed by atoms with Gasteiger partial charge in [0.25, 0.3) is 15.9 Å². The van der Waals surface area contributed by atoms with Crippen molar-refractivity contribution in [2.75, 3.05) is 50.5 Å². The van der Waals surface area contributed by atoms with Crippen LogP contribution in [0, 0.1) is 5.92 Å². The van der Waals surface area contributed by atoms with Gasteiger partial charge in [-0.05, 0) is 75.6 Å². The van der Waals surface area contributed by atoms with Crippen molar-refractivity contribution in [1.29, 1.82) is 0 Å². The number of imidazole rings is 1. The third-order valence-corrected chi connectivity index (χ3v) is 9.67. The highest BCUT2D eigenvalue weighted by Gasteiger charge is 2.31. The first-order chi connectivity index (χ1) is 23.3. The second kappa shape index (κ2) is 16.9. The molecule has 4 rings (SSSR count). The lowest BCUT2D eigenvalue weighted by Gasteiger charge is -2.35. The van der Waals surface area contributed by atoms with Crippen LogP contribution in [0.25, 0.3) is 0 Å². The third kappa shape index (κ3) is 10.1. The van der Waals surface area contributed by atoms with Crippen molar-refractivity contribution in [3.8, 4) is 11.5 Å². The number of nitrogens with zero attached hydrogens (tertiary/aromatic N) is 4. The van der Waals surface area contributed by atoms with Crippen molar-refractivity contribution in [2.24, 2.45) is 13.0 Å². The smallest absolute Gasteiger partial charge is 0.321 e. The van der Waals surface area contributed by atoms with Gasteiger partial charge in [-0.25, -0.2) is 9.78 Å². The number of carbonyl (C=O) groups is 2. The molecule has 268 valence electrons. The molecule has 3 N–H and O–H groups in total. The lowest BCUT2D eigenvalue weighted by molar-refractivity contribution is -0.0115. The van der Waals surface area contributed by atoms with Gasteiger partial charge in [0, 0.05) is 57.3 Å². The molecule has 2 aromatic carbocycles. The minimum Gasteiger partial charge on any atom is -0.497 e. The lowest BCUT2D eigenvalue weighted by atomic mass is 10.0. The zero-order valence-corrected chi connectivity index (χ0v) is 29.8. The van der Waals surface area contributed by atoms with Gasteiger partial charge in [-0.3, -0.25) is 9.52 Å². The molecule has 0 fully saturated rings. The summed E-state index contributed by atoms with van der Waals surface area (Å²) < 4.78 is 47.9. The molecule has 14 nitrogen and oxygen atoms in total. The van der Waals surface area contributed by atoms with E-state index in [-0.39, 0.29) is 54.0 Å². The maximum Gasteiger partial charge on any atom is 0.321 e. The molecule has 0 radical (unpaired) electrons. The van der Waals surface area contributed by atoms with E-state index in [2.05, 4.69) is 15.0 Å². The Labute approximate surface area is 288 Å². The van der Waals surface area contributed by atoms with Crippen molar-refractivity contribution >= 4 is 33.3 Å². The summed E-state index contributed by atoms with van der Waals surface area (Å²) in [6, 6.07) is 10.7. The number of hydrogen-bond acceptors (Lipinski definition) is 9. The van der Waals surface area contributed by atoms with Gasteiger partial charge in [0.1, 0.15) is 11.5 Å². The number of likely N-dealkylation sites (N-methyl/N-ethyl adjacent to an activating group) is 1. The number of methoxy groups -OCH3 is 1. The summed E-state index contributed by atoms with van der Waals surface area (Å²) >= 11 is 0. The quantitative estimate of drug-likeness (QED) is 0.297. The number of urea groups is 1. The van der Waals surface area contributed by atoms with Gasteiger partial charge in [0.2, 0.25) is 0 Å². The number of nitrogens with one attached hydrogen (secondary N) is 2. The molecule has 3 aromatic rings. The van der Waals surface area contributed by atoms with Crippen molar-refractivity contribution in [1.82, 2.24) is 19.4 Å². The predicted molar refractivity (Wildman–Crippen MR) is 186 cm³/mol. The van der Waals surface area contributed by atoms with E-state index in [4.69, 9.17) is 14.2 Å². The summed E-state index contributed by atoms with van der Waals surface area (Å²) in [5.74, 6) is 0.262. The van der Waals surface area contributed by atoms with E-state index < -0.39 is 28.1 Å². The number of sulfonamides is 1. The molecular formula is C34H48N6O8S. The highest BCUT2D eigenvalue weighted by atomic mass is 32.2. The Morgan fingerprint density at radius 2 is 1.88 bits per heavy atom. The minimum absolute atomic E-state index is 0.145. The molecular weight excluding hydrogens is 652 g/mol. The Hall–Kier alpha value is -4.34. The fourth-order valence-electron chi connectivity index (χ4n) is 5.43. The maximum absolute atomic E-state index is 14.4. The largest absolute Gasteiger partial charge is 0.497 e. The fourth-order valence-corrected chi connectivity index (χ4v) is 6.46. The average molecular weight is 701 g/mol. The van der Waals surface area contributed by atoms with E-state index in [9.17, 15) is 23.1 Å². The zero-order valence-electron chi connectivity index (χ0n) is 29.0. The molecule has 2 heterocycles. The van der Waals surface area contributed by atoms with E-state index in [1.807, 2.05) is 13.8 Å². The number of aryl methyl sites for hydroxylation is 1. The van der Waals surface area contributed by atoms with E-state index in [0.29, 0.717) is 30.2 Å².